The van der Waals surface area contributed by atoms with Crippen LogP contribution in [0.4, 0.5) is 10.1 Å². The zero-order chi connectivity index (χ0) is 15.1. The third-order valence-corrected chi connectivity index (χ3v) is 3.33. The van der Waals surface area contributed by atoms with Gasteiger partial charge in [0.2, 0.25) is 0 Å². The van der Waals surface area contributed by atoms with E-state index >= 15 is 0 Å². The Morgan fingerprint density at radius 1 is 1.05 bits per heavy atom. The third kappa shape index (κ3) is 4.55. The van der Waals surface area contributed by atoms with Crippen molar-refractivity contribution in [3.63, 3.8) is 0 Å². The van der Waals surface area contributed by atoms with E-state index in [0.29, 0.717) is 25.1 Å². The Morgan fingerprint density at radius 3 is 2.48 bits per heavy atom. The number of hydrogen-bond donors (Lipinski definition) is 2. The van der Waals surface area contributed by atoms with Gasteiger partial charge >= 0.3 is 0 Å². The number of anilines is 1. The van der Waals surface area contributed by atoms with Gasteiger partial charge in [-0.3, -0.25) is 0 Å². The highest BCUT2D eigenvalue weighted by atomic mass is 19.1. The summed E-state index contributed by atoms with van der Waals surface area (Å²) in [5, 5.41) is 19.3. The molecule has 3 nitrogen and oxygen atoms in total. The topological polar surface area (TPSA) is 43.7 Å². The summed E-state index contributed by atoms with van der Waals surface area (Å²) in [6.45, 7) is 1.08. The SMILES string of the molecule is OCCCN(CC(O)c1cccc(F)c1)c1ccccc1. The maximum absolute atomic E-state index is 13.2. The summed E-state index contributed by atoms with van der Waals surface area (Å²) in [7, 11) is 0. The molecule has 0 aromatic heterocycles. The smallest absolute Gasteiger partial charge is 0.123 e. The minimum atomic E-state index is -0.778. The normalized spacial score (nSPS) is 12.1. The molecule has 2 aromatic carbocycles. The maximum atomic E-state index is 13.2. The summed E-state index contributed by atoms with van der Waals surface area (Å²) < 4.78 is 13.2. The average Bonchev–Trinajstić information content (AvgIpc) is 2.52. The number of aliphatic hydroxyl groups excluding tert-OH is 2. The van der Waals surface area contributed by atoms with E-state index in [1.165, 1.54) is 12.1 Å². The maximum Gasteiger partial charge on any atom is 0.123 e. The molecule has 1 unspecified atom stereocenters. The van der Waals surface area contributed by atoms with Crippen LogP contribution in [0.3, 0.4) is 0 Å². The van der Waals surface area contributed by atoms with Gasteiger partial charge in [0.25, 0.3) is 0 Å². The average molecular weight is 289 g/mol. The van der Waals surface area contributed by atoms with Gasteiger partial charge in [-0.05, 0) is 36.2 Å². The minimum Gasteiger partial charge on any atom is -0.396 e. The molecule has 0 amide bonds. The zero-order valence-corrected chi connectivity index (χ0v) is 11.8. The lowest BCUT2D eigenvalue weighted by Gasteiger charge is -2.27. The molecule has 0 aliphatic rings. The summed E-state index contributed by atoms with van der Waals surface area (Å²) in [4.78, 5) is 1.99. The van der Waals surface area contributed by atoms with Crippen molar-refractivity contribution in [3.8, 4) is 0 Å². The van der Waals surface area contributed by atoms with Crippen LogP contribution in [0.15, 0.2) is 54.6 Å². The van der Waals surface area contributed by atoms with E-state index in [0.717, 1.165) is 5.69 Å². The van der Waals surface area contributed by atoms with Crippen molar-refractivity contribution in [2.45, 2.75) is 12.5 Å². The molecule has 4 heteroatoms. The van der Waals surface area contributed by atoms with Gasteiger partial charge in [0.15, 0.2) is 0 Å². The number of rotatable bonds is 7. The predicted molar refractivity (Wildman–Crippen MR) is 81.7 cm³/mol. The van der Waals surface area contributed by atoms with Crippen LogP contribution in [0.5, 0.6) is 0 Å². The quantitative estimate of drug-likeness (QED) is 0.823. The number of benzene rings is 2. The number of aliphatic hydroxyl groups is 2. The highest BCUT2D eigenvalue weighted by Crippen LogP contribution is 2.20. The molecule has 0 spiro atoms. The molecule has 0 radical (unpaired) electrons. The first-order chi connectivity index (χ1) is 10.2. The lowest BCUT2D eigenvalue weighted by atomic mass is 10.1. The van der Waals surface area contributed by atoms with Gasteiger partial charge in [0.1, 0.15) is 5.82 Å². The van der Waals surface area contributed by atoms with E-state index in [4.69, 9.17) is 5.11 Å². The molecule has 21 heavy (non-hydrogen) atoms. The van der Waals surface area contributed by atoms with Crippen molar-refractivity contribution in [1.82, 2.24) is 0 Å². The lowest BCUT2D eigenvalue weighted by molar-refractivity contribution is 0.181. The van der Waals surface area contributed by atoms with Crippen molar-refractivity contribution in [3.05, 3.63) is 66.0 Å². The van der Waals surface area contributed by atoms with Crippen LogP contribution in [-0.2, 0) is 0 Å². The second-order valence-electron chi connectivity index (χ2n) is 4.93. The third-order valence-electron chi connectivity index (χ3n) is 3.33. The van der Waals surface area contributed by atoms with Crippen molar-refractivity contribution >= 4 is 5.69 Å². The molecule has 112 valence electrons. The minimum absolute atomic E-state index is 0.0966. The molecule has 2 rings (SSSR count). The molecule has 0 fully saturated rings. The van der Waals surface area contributed by atoms with E-state index in [-0.39, 0.29) is 12.4 Å². The van der Waals surface area contributed by atoms with Crippen LogP contribution in [0.2, 0.25) is 0 Å². The second-order valence-corrected chi connectivity index (χ2v) is 4.93. The van der Waals surface area contributed by atoms with Crippen molar-refractivity contribution < 1.29 is 14.6 Å². The Hall–Kier alpha value is -1.91. The first-order valence-corrected chi connectivity index (χ1v) is 7.05. The molecule has 0 heterocycles. The molecule has 1 atom stereocenters. The molecule has 0 saturated heterocycles. The first kappa shape index (κ1) is 15.5. The molecule has 0 bridgehead atoms. The van der Waals surface area contributed by atoms with Crippen molar-refractivity contribution in [1.29, 1.82) is 0 Å². The van der Waals surface area contributed by atoms with Gasteiger partial charge in [-0.1, -0.05) is 30.3 Å². The molecular formula is C17H20FNO2. The molecule has 2 N–H and O–H groups in total. The Labute approximate surface area is 124 Å². The van der Waals surface area contributed by atoms with Gasteiger partial charge in [0, 0.05) is 25.4 Å². The molecular weight excluding hydrogens is 269 g/mol. The van der Waals surface area contributed by atoms with Gasteiger partial charge in [-0.2, -0.15) is 0 Å². The molecule has 0 aliphatic carbocycles. The molecule has 0 saturated carbocycles. The predicted octanol–water partition coefficient (Wildman–Crippen LogP) is 2.75. The summed E-state index contributed by atoms with van der Waals surface area (Å²) in [5.41, 5.74) is 1.53. The van der Waals surface area contributed by atoms with Gasteiger partial charge in [-0.25, -0.2) is 4.39 Å². The summed E-state index contributed by atoms with van der Waals surface area (Å²) in [5.74, 6) is -0.354. The highest BCUT2D eigenvalue weighted by Gasteiger charge is 2.14. The Bertz CT molecular complexity index is 547. The summed E-state index contributed by atoms with van der Waals surface area (Å²) in [6.07, 6.45) is -0.162. The van der Waals surface area contributed by atoms with E-state index < -0.39 is 6.10 Å². The zero-order valence-electron chi connectivity index (χ0n) is 11.8. The fourth-order valence-electron chi connectivity index (χ4n) is 2.25. The standard InChI is InChI=1S/C17H20FNO2/c18-15-7-4-6-14(12-15)17(21)13-19(10-5-11-20)16-8-2-1-3-9-16/h1-4,6-9,12,17,20-21H,5,10-11,13H2. The van der Waals surface area contributed by atoms with E-state index in [1.807, 2.05) is 35.2 Å². The Kier molecular flexibility index (Phi) is 5.72. The second kappa shape index (κ2) is 7.76. The van der Waals surface area contributed by atoms with Crippen molar-refractivity contribution in [2.75, 3.05) is 24.6 Å². The molecule has 0 aliphatic heterocycles. The van der Waals surface area contributed by atoms with Gasteiger partial charge in [-0.15, -0.1) is 0 Å². The fraction of sp³-hybridized carbons (Fsp3) is 0.294. The van der Waals surface area contributed by atoms with E-state index in [2.05, 4.69) is 0 Å². The van der Waals surface area contributed by atoms with Gasteiger partial charge < -0.3 is 15.1 Å². The number of nitrogens with zero attached hydrogens (tertiary/aromatic N) is 1. The van der Waals surface area contributed by atoms with E-state index in [1.54, 1.807) is 12.1 Å². The van der Waals surface area contributed by atoms with Crippen LogP contribution in [0.1, 0.15) is 18.1 Å². The monoisotopic (exact) mass is 289 g/mol. The summed E-state index contributed by atoms with van der Waals surface area (Å²) >= 11 is 0. The Balaban J connectivity index is 2.11. The number of para-hydroxylation sites is 1. The van der Waals surface area contributed by atoms with Gasteiger partial charge in [0.05, 0.1) is 6.10 Å². The van der Waals surface area contributed by atoms with Crippen LogP contribution in [0.25, 0.3) is 0 Å². The van der Waals surface area contributed by atoms with Crippen LogP contribution in [0, 0.1) is 5.82 Å². The fourth-order valence-corrected chi connectivity index (χ4v) is 2.25. The number of hydrogen-bond acceptors (Lipinski definition) is 3. The van der Waals surface area contributed by atoms with Crippen LogP contribution < -0.4 is 4.90 Å². The lowest BCUT2D eigenvalue weighted by Crippen LogP contribution is -2.30. The number of halogens is 1. The first-order valence-electron chi connectivity index (χ1n) is 7.05. The largest absolute Gasteiger partial charge is 0.396 e. The molecule has 2 aromatic rings. The highest BCUT2D eigenvalue weighted by molar-refractivity contribution is 5.46. The van der Waals surface area contributed by atoms with Crippen LogP contribution >= 0.6 is 0 Å². The van der Waals surface area contributed by atoms with Crippen LogP contribution in [-0.4, -0.2) is 29.9 Å². The summed E-state index contributed by atoms with van der Waals surface area (Å²) in [6, 6.07) is 15.7. The van der Waals surface area contributed by atoms with Crippen molar-refractivity contribution in [2.24, 2.45) is 0 Å². The van der Waals surface area contributed by atoms with E-state index in [9.17, 15) is 9.50 Å². The Morgan fingerprint density at radius 2 is 1.81 bits per heavy atom.